The lowest BCUT2D eigenvalue weighted by Gasteiger charge is -2.14. The van der Waals surface area contributed by atoms with Crippen LogP contribution in [0.4, 0.5) is 16.4 Å². The molecule has 1 unspecified atom stereocenters. The summed E-state index contributed by atoms with van der Waals surface area (Å²) < 4.78 is 30.8. The van der Waals surface area contributed by atoms with Gasteiger partial charge in [-0.1, -0.05) is 12.8 Å². The molecule has 1 heterocycles. The van der Waals surface area contributed by atoms with E-state index in [0.717, 1.165) is 18.5 Å². The number of imidazole rings is 1. The Morgan fingerprint density at radius 3 is 2.59 bits per heavy atom. The van der Waals surface area contributed by atoms with E-state index in [0.29, 0.717) is 23.0 Å². The molecule has 1 fully saturated rings. The number of primary amides is 1. The molecule has 0 saturated heterocycles. The Bertz CT molecular complexity index is 1200. The van der Waals surface area contributed by atoms with Crippen LogP contribution in [0.2, 0.25) is 0 Å². The molecule has 3 aromatic rings. The fraction of sp³-hybridized carbons (Fsp3) is 0.333. The fourth-order valence-corrected chi connectivity index (χ4v) is 4.68. The largest absolute Gasteiger partial charge is 0.382 e. The molecule has 11 heteroatoms. The maximum Gasteiger partial charge on any atom is 0.339 e. The van der Waals surface area contributed by atoms with Gasteiger partial charge in [-0.05, 0) is 56.2 Å². The first-order valence-corrected chi connectivity index (χ1v) is 11.8. The van der Waals surface area contributed by atoms with E-state index in [1.165, 1.54) is 31.0 Å². The van der Waals surface area contributed by atoms with Gasteiger partial charge in [-0.25, -0.2) is 9.78 Å². The second-order valence-corrected chi connectivity index (χ2v) is 9.37. The fourth-order valence-electron chi connectivity index (χ4n) is 3.76. The van der Waals surface area contributed by atoms with Crippen molar-refractivity contribution >= 4 is 38.8 Å². The van der Waals surface area contributed by atoms with Crippen LogP contribution in [-0.4, -0.2) is 36.6 Å². The number of H-pyrrole nitrogens is 1. The number of amides is 2. The van der Waals surface area contributed by atoms with Gasteiger partial charge in [0.25, 0.3) is 0 Å². The molecule has 0 aliphatic heterocycles. The highest BCUT2D eigenvalue weighted by molar-refractivity contribution is 7.87. The number of nitrogens with zero attached hydrogens (tertiary/aromatic N) is 1. The number of urea groups is 1. The number of carbonyl (C=O) groups is 1. The van der Waals surface area contributed by atoms with Gasteiger partial charge in [-0.3, -0.25) is 0 Å². The number of rotatable bonds is 8. The summed E-state index contributed by atoms with van der Waals surface area (Å²) in [7, 11) is -3.99. The van der Waals surface area contributed by atoms with Crippen molar-refractivity contribution in [1.82, 2.24) is 15.3 Å². The Kier molecular flexibility index (Phi) is 6.08. The molecule has 1 atom stereocenters. The summed E-state index contributed by atoms with van der Waals surface area (Å²) in [5.74, 6) is 0.552. The lowest BCUT2D eigenvalue weighted by molar-refractivity contribution is 0.247. The molecule has 10 nitrogen and oxygen atoms in total. The predicted octanol–water partition coefficient (Wildman–Crippen LogP) is 3.11. The van der Waals surface area contributed by atoms with Crippen molar-refractivity contribution in [1.29, 1.82) is 0 Å². The van der Waals surface area contributed by atoms with Crippen molar-refractivity contribution in [2.24, 2.45) is 5.73 Å². The van der Waals surface area contributed by atoms with E-state index < -0.39 is 22.3 Å². The second-order valence-electron chi connectivity index (χ2n) is 7.83. The standard InChI is InChI=1S/C21H26N6O4S/c1-13(23-20(22)28)24-21-26-18-11-8-16(12-19(18)27-21)31-32(29,30)17-9-6-15(7-10-17)25-14-4-2-3-5-14/h6-14,25H,2-5H2,1H3,(H3,22,23,28)(H2,24,26,27). The number of hydrogen-bond acceptors (Lipinski definition) is 7. The number of nitrogens with one attached hydrogen (secondary N) is 4. The topological polar surface area (TPSA) is 151 Å². The lowest BCUT2D eigenvalue weighted by atomic mass is 10.2. The summed E-state index contributed by atoms with van der Waals surface area (Å²) >= 11 is 0. The second kappa shape index (κ2) is 8.95. The van der Waals surface area contributed by atoms with E-state index in [1.54, 1.807) is 31.2 Å². The first-order valence-electron chi connectivity index (χ1n) is 10.4. The van der Waals surface area contributed by atoms with Gasteiger partial charge in [0, 0.05) is 17.8 Å². The molecule has 170 valence electrons. The van der Waals surface area contributed by atoms with Gasteiger partial charge in [-0.15, -0.1) is 0 Å². The number of aromatic amines is 1. The van der Waals surface area contributed by atoms with Crippen LogP contribution in [0.15, 0.2) is 47.4 Å². The van der Waals surface area contributed by atoms with Crippen LogP contribution in [0.25, 0.3) is 11.0 Å². The van der Waals surface area contributed by atoms with Crippen molar-refractivity contribution in [3.8, 4) is 5.75 Å². The van der Waals surface area contributed by atoms with Crippen LogP contribution in [0, 0.1) is 0 Å². The number of fused-ring (bicyclic) bond motifs is 1. The average Bonchev–Trinajstić information content (AvgIpc) is 3.36. The zero-order valence-corrected chi connectivity index (χ0v) is 18.4. The zero-order valence-electron chi connectivity index (χ0n) is 17.6. The van der Waals surface area contributed by atoms with Crippen LogP contribution < -0.4 is 25.9 Å². The van der Waals surface area contributed by atoms with Crippen molar-refractivity contribution in [2.75, 3.05) is 10.6 Å². The third kappa shape index (κ3) is 5.22. The van der Waals surface area contributed by atoms with Gasteiger partial charge in [0.1, 0.15) is 16.8 Å². The minimum absolute atomic E-state index is 0.0767. The summed E-state index contributed by atoms with van der Waals surface area (Å²) in [6.45, 7) is 1.70. The number of nitrogens with two attached hydrogens (primary N) is 1. The van der Waals surface area contributed by atoms with Crippen molar-refractivity contribution in [3.05, 3.63) is 42.5 Å². The predicted molar refractivity (Wildman–Crippen MR) is 122 cm³/mol. The first-order chi connectivity index (χ1) is 15.3. The maximum atomic E-state index is 12.7. The SMILES string of the molecule is CC(NC(N)=O)Nc1nc2ccc(OS(=O)(=O)c3ccc(NC4CCCC4)cc3)cc2[nH]1. The van der Waals surface area contributed by atoms with Gasteiger partial charge in [0.05, 0.1) is 11.0 Å². The van der Waals surface area contributed by atoms with Crippen molar-refractivity contribution < 1.29 is 17.4 Å². The first kappa shape index (κ1) is 21.8. The van der Waals surface area contributed by atoms with E-state index in [9.17, 15) is 13.2 Å². The molecule has 1 aliphatic carbocycles. The Morgan fingerprint density at radius 1 is 1.19 bits per heavy atom. The summed E-state index contributed by atoms with van der Waals surface area (Å²) in [5, 5.41) is 8.86. The molecule has 6 N–H and O–H groups in total. The molecule has 1 aliphatic rings. The summed E-state index contributed by atoms with van der Waals surface area (Å²) in [4.78, 5) is 18.3. The highest BCUT2D eigenvalue weighted by Gasteiger charge is 2.19. The molecule has 2 amide bonds. The molecular formula is C21H26N6O4S. The number of aromatic nitrogens is 2. The molecule has 1 saturated carbocycles. The normalized spacial score (nSPS) is 15.4. The highest BCUT2D eigenvalue weighted by atomic mass is 32.2. The molecule has 0 spiro atoms. The monoisotopic (exact) mass is 458 g/mol. The molecule has 0 radical (unpaired) electrons. The average molecular weight is 459 g/mol. The van der Waals surface area contributed by atoms with Gasteiger partial charge >= 0.3 is 16.1 Å². The number of hydrogen-bond donors (Lipinski definition) is 5. The van der Waals surface area contributed by atoms with Crippen LogP contribution in [0.5, 0.6) is 5.75 Å². The lowest BCUT2D eigenvalue weighted by Crippen LogP contribution is -2.41. The van der Waals surface area contributed by atoms with Crippen LogP contribution in [-0.2, 0) is 10.1 Å². The zero-order chi connectivity index (χ0) is 22.7. The Morgan fingerprint density at radius 2 is 1.91 bits per heavy atom. The van der Waals surface area contributed by atoms with E-state index in [1.807, 2.05) is 0 Å². The van der Waals surface area contributed by atoms with Gasteiger partial charge in [0.2, 0.25) is 5.95 Å². The number of anilines is 2. The molecule has 32 heavy (non-hydrogen) atoms. The third-order valence-electron chi connectivity index (χ3n) is 5.24. The van der Waals surface area contributed by atoms with Gasteiger partial charge < -0.3 is 30.9 Å². The Balaban J connectivity index is 1.45. The molecule has 4 rings (SSSR count). The molecular weight excluding hydrogens is 432 g/mol. The number of benzene rings is 2. The minimum atomic E-state index is -3.99. The third-order valence-corrected chi connectivity index (χ3v) is 6.50. The van der Waals surface area contributed by atoms with Crippen LogP contribution in [0.3, 0.4) is 0 Å². The summed E-state index contributed by atoms with van der Waals surface area (Å²) in [6.07, 6.45) is 4.27. The Labute approximate surface area is 186 Å². The quantitative estimate of drug-likeness (QED) is 0.257. The van der Waals surface area contributed by atoms with E-state index >= 15 is 0 Å². The summed E-state index contributed by atoms with van der Waals surface area (Å²) in [6, 6.07) is 11.1. The molecule has 2 aromatic carbocycles. The van der Waals surface area contributed by atoms with Crippen LogP contribution >= 0.6 is 0 Å². The van der Waals surface area contributed by atoms with Crippen molar-refractivity contribution in [2.45, 2.75) is 49.7 Å². The molecule has 1 aromatic heterocycles. The molecule has 0 bridgehead atoms. The van der Waals surface area contributed by atoms with Crippen LogP contribution in [0.1, 0.15) is 32.6 Å². The van der Waals surface area contributed by atoms with E-state index in [2.05, 4.69) is 25.9 Å². The highest BCUT2D eigenvalue weighted by Crippen LogP contribution is 2.26. The smallest absolute Gasteiger partial charge is 0.339 e. The van der Waals surface area contributed by atoms with Gasteiger partial charge in [0.15, 0.2) is 0 Å². The number of carbonyl (C=O) groups excluding carboxylic acids is 1. The maximum absolute atomic E-state index is 12.7. The summed E-state index contributed by atoms with van der Waals surface area (Å²) in [5.41, 5.74) is 7.17. The van der Waals surface area contributed by atoms with E-state index in [4.69, 9.17) is 9.92 Å². The van der Waals surface area contributed by atoms with Crippen molar-refractivity contribution in [3.63, 3.8) is 0 Å². The van der Waals surface area contributed by atoms with E-state index in [-0.39, 0.29) is 10.6 Å². The Hall–Kier alpha value is -3.47. The van der Waals surface area contributed by atoms with Gasteiger partial charge in [-0.2, -0.15) is 8.42 Å². The minimum Gasteiger partial charge on any atom is -0.382 e.